The van der Waals surface area contributed by atoms with Crippen LogP contribution >= 0.6 is 15.9 Å². The molecule has 0 atom stereocenters. The summed E-state index contributed by atoms with van der Waals surface area (Å²) in [6, 6.07) is 3.84. The van der Waals surface area contributed by atoms with Crippen LogP contribution in [0.25, 0.3) is 0 Å². The summed E-state index contributed by atoms with van der Waals surface area (Å²) in [5.74, 6) is 0.942. The van der Waals surface area contributed by atoms with Gasteiger partial charge in [-0.1, -0.05) is 15.9 Å². The minimum Gasteiger partial charge on any atom is -0.493 e. The molecule has 1 aliphatic heterocycles. The van der Waals surface area contributed by atoms with Crippen molar-refractivity contribution < 1.29 is 19.4 Å². The first-order valence-electron chi connectivity index (χ1n) is 6.38. The lowest BCUT2D eigenvalue weighted by atomic mass is 9.96. The highest BCUT2D eigenvalue weighted by Crippen LogP contribution is 2.34. The molecule has 0 radical (unpaired) electrons. The molecule has 1 N–H and O–H groups in total. The van der Waals surface area contributed by atoms with Gasteiger partial charge in [-0.05, 0) is 23.6 Å². The number of carbonyl (C=O) groups is 1. The Labute approximate surface area is 126 Å². The standard InChI is InChI=1S/C14H18BrNO4/c1-19-12-4-10(11(15)5-13(12)20-2)8-16-6-9(7-16)3-14(17)18/h4-5,9H,3,6-8H2,1-2H3,(H,17,18). The number of hydrogen-bond donors (Lipinski definition) is 1. The van der Waals surface area contributed by atoms with E-state index in [1.807, 2.05) is 12.1 Å². The summed E-state index contributed by atoms with van der Waals surface area (Å²) in [4.78, 5) is 12.8. The molecule has 1 aromatic carbocycles. The minimum absolute atomic E-state index is 0.254. The molecule has 1 saturated heterocycles. The highest BCUT2D eigenvalue weighted by molar-refractivity contribution is 9.10. The molecule has 0 bridgehead atoms. The molecule has 0 spiro atoms. The van der Waals surface area contributed by atoms with Crippen LogP contribution in [0.4, 0.5) is 0 Å². The molecule has 0 unspecified atom stereocenters. The van der Waals surface area contributed by atoms with Crippen molar-refractivity contribution in [1.82, 2.24) is 4.90 Å². The Kier molecular flexibility index (Phi) is 4.88. The van der Waals surface area contributed by atoms with Gasteiger partial charge in [0.15, 0.2) is 11.5 Å². The van der Waals surface area contributed by atoms with Crippen LogP contribution in [-0.2, 0) is 11.3 Å². The number of nitrogens with zero attached hydrogens (tertiary/aromatic N) is 1. The normalized spacial score (nSPS) is 15.8. The quantitative estimate of drug-likeness (QED) is 0.859. The van der Waals surface area contributed by atoms with E-state index in [1.165, 1.54) is 0 Å². The third-order valence-electron chi connectivity index (χ3n) is 3.44. The van der Waals surface area contributed by atoms with Gasteiger partial charge in [0.1, 0.15) is 0 Å². The largest absolute Gasteiger partial charge is 0.493 e. The predicted molar refractivity (Wildman–Crippen MR) is 78.3 cm³/mol. The first-order chi connectivity index (χ1) is 9.53. The third kappa shape index (κ3) is 3.43. The fourth-order valence-corrected chi connectivity index (χ4v) is 2.89. The van der Waals surface area contributed by atoms with E-state index in [-0.39, 0.29) is 12.3 Å². The van der Waals surface area contributed by atoms with Crippen molar-refractivity contribution in [2.75, 3.05) is 27.3 Å². The van der Waals surface area contributed by atoms with E-state index in [2.05, 4.69) is 20.8 Å². The van der Waals surface area contributed by atoms with Gasteiger partial charge in [-0.25, -0.2) is 0 Å². The van der Waals surface area contributed by atoms with Gasteiger partial charge in [-0.2, -0.15) is 0 Å². The Bertz CT molecular complexity index is 500. The second-order valence-electron chi connectivity index (χ2n) is 4.96. The molecule has 0 saturated carbocycles. The lowest BCUT2D eigenvalue weighted by Crippen LogP contribution is -2.46. The Hall–Kier alpha value is -1.27. The predicted octanol–water partition coefficient (Wildman–Crippen LogP) is 2.37. The maximum atomic E-state index is 10.6. The van der Waals surface area contributed by atoms with Crippen LogP contribution < -0.4 is 9.47 Å². The number of methoxy groups -OCH3 is 2. The molecule has 1 aromatic rings. The molecule has 110 valence electrons. The average Bonchev–Trinajstić information content (AvgIpc) is 2.37. The molecule has 0 aliphatic carbocycles. The van der Waals surface area contributed by atoms with Crippen LogP contribution in [0.5, 0.6) is 11.5 Å². The summed E-state index contributed by atoms with van der Waals surface area (Å²) in [5, 5.41) is 8.74. The number of benzene rings is 1. The highest BCUT2D eigenvalue weighted by Gasteiger charge is 2.29. The Balaban J connectivity index is 1.99. The van der Waals surface area contributed by atoms with Crippen LogP contribution in [0, 0.1) is 5.92 Å². The maximum Gasteiger partial charge on any atom is 0.303 e. The SMILES string of the molecule is COc1cc(Br)c(CN2CC(CC(=O)O)C2)cc1OC. The van der Waals surface area contributed by atoms with Gasteiger partial charge in [-0.15, -0.1) is 0 Å². The van der Waals surface area contributed by atoms with Gasteiger partial charge in [0.25, 0.3) is 0 Å². The Morgan fingerprint density at radius 2 is 1.95 bits per heavy atom. The van der Waals surface area contributed by atoms with Crippen LogP contribution in [-0.4, -0.2) is 43.3 Å². The zero-order valence-electron chi connectivity index (χ0n) is 11.6. The van der Waals surface area contributed by atoms with Crippen LogP contribution in [0.3, 0.4) is 0 Å². The fourth-order valence-electron chi connectivity index (χ4n) is 2.44. The van der Waals surface area contributed by atoms with E-state index in [9.17, 15) is 4.79 Å². The molecule has 6 heteroatoms. The van der Waals surface area contributed by atoms with E-state index < -0.39 is 5.97 Å². The van der Waals surface area contributed by atoms with Crippen molar-refractivity contribution in [2.45, 2.75) is 13.0 Å². The molecular weight excluding hydrogens is 326 g/mol. The van der Waals surface area contributed by atoms with Gasteiger partial charge in [0.2, 0.25) is 0 Å². The molecule has 0 aromatic heterocycles. The van der Waals surface area contributed by atoms with Crippen molar-refractivity contribution in [1.29, 1.82) is 0 Å². The third-order valence-corrected chi connectivity index (χ3v) is 4.18. The first kappa shape index (κ1) is 15.1. The molecule has 1 aliphatic rings. The van der Waals surface area contributed by atoms with E-state index in [4.69, 9.17) is 14.6 Å². The number of rotatable bonds is 6. The summed E-state index contributed by atoms with van der Waals surface area (Å²) in [6.07, 6.45) is 0.254. The lowest BCUT2D eigenvalue weighted by Gasteiger charge is -2.38. The number of halogens is 1. The van der Waals surface area contributed by atoms with Gasteiger partial charge in [0, 0.05) is 24.1 Å². The van der Waals surface area contributed by atoms with Gasteiger partial charge in [-0.3, -0.25) is 9.69 Å². The van der Waals surface area contributed by atoms with Crippen LogP contribution in [0.1, 0.15) is 12.0 Å². The minimum atomic E-state index is -0.720. The highest BCUT2D eigenvalue weighted by atomic mass is 79.9. The summed E-state index contributed by atoms with van der Waals surface area (Å²) in [5.41, 5.74) is 1.11. The number of likely N-dealkylation sites (tertiary alicyclic amines) is 1. The fraction of sp³-hybridized carbons (Fsp3) is 0.500. The Morgan fingerprint density at radius 1 is 1.35 bits per heavy atom. The van der Waals surface area contributed by atoms with Crippen molar-refractivity contribution >= 4 is 21.9 Å². The smallest absolute Gasteiger partial charge is 0.303 e. The average molecular weight is 344 g/mol. The van der Waals surface area contributed by atoms with Crippen molar-refractivity contribution in [3.63, 3.8) is 0 Å². The lowest BCUT2D eigenvalue weighted by molar-refractivity contribution is -0.139. The van der Waals surface area contributed by atoms with E-state index in [1.54, 1.807) is 14.2 Å². The van der Waals surface area contributed by atoms with Gasteiger partial charge in [0.05, 0.1) is 20.6 Å². The molecule has 1 heterocycles. The van der Waals surface area contributed by atoms with Crippen LogP contribution in [0.2, 0.25) is 0 Å². The molecule has 1 fully saturated rings. The van der Waals surface area contributed by atoms with Crippen molar-refractivity contribution in [3.05, 3.63) is 22.2 Å². The van der Waals surface area contributed by atoms with Crippen molar-refractivity contribution in [3.8, 4) is 11.5 Å². The molecule has 5 nitrogen and oxygen atoms in total. The number of carboxylic acids is 1. The molecule has 2 rings (SSSR count). The second kappa shape index (κ2) is 6.45. The molecule has 0 amide bonds. The zero-order chi connectivity index (χ0) is 14.7. The zero-order valence-corrected chi connectivity index (χ0v) is 13.1. The maximum absolute atomic E-state index is 10.6. The van der Waals surface area contributed by atoms with Gasteiger partial charge < -0.3 is 14.6 Å². The first-order valence-corrected chi connectivity index (χ1v) is 7.17. The van der Waals surface area contributed by atoms with E-state index in [0.717, 1.165) is 29.7 Å². The molecular formula is C14H18BrNO4. The number of ether oxygens (including phenoxy) is 2. The van der Waals surface area contributed by atoms with Gasteiger partial charge >= 0.3 is 5.97 Å². The number of carboxylic acid groups (broad SMARTS) is 1. The van der Waals surface area contributed by atoms with Crippen molar-refractivity contribution in [2.24, 2.45) is 5.92 Å². The second-order valence-corrected chi connectivity index (χ2v) is 5.81. The van der Waals surface area contributed by atoms with E-state index >= 15 is 0 Å². The Morgan fingerprint density at radius 3 is 2.50 bits per heavy atom. The monoisotopic (exact) mass is 343 g/mol. The summed E-state index contributed by atoms with van der Waals surface area (Å²) in [6.45, 7) is 2.43. The summed E-state index contributed by atoms with van der Waals surface area (Å²) < 4.78 is 11.5. The number of hydrogen-bond acceptors (Lipinski definition) is 4. The topological polar surface area (TPSA) is 59.0 Å². The summed E-state index contributed by atoms with van der Waals surface area (Å²) in [7, 11) is 3.22. The summed E-state index contributed by atoms with van der Waals surface area (Å²) >= 11 is 3.53. The van der Waals surface area contributed by atoms with Crippen LogP contribution in [0.15, 0.2) is 16.6 Å². The molecule has 20 heavy (non-hydrogen) atoms. The van der Waals surface area contributed by atoms with E-state index in [0.29, 0.717) is 11.5 Å². The number of aliphatic carboxylic acids is 1.